The Hall–Kier alpha value is -2.38. The van der Waals surface area contributed by atoms with Crippen molar-refractivity contribution < 1.29 is 19.5 Å². The number of rotatable bonds is 7. The minimum atomic E-state index is -0.715. The summed E-state index contributed by atoms with van der Waals surface area (Å²) >= 11 is 5.92. The third-order valence-electron chi connectivity index (χ3n) is 6.01. The van der Waals surface area contributed by atoms with Crippen LogP contribution in [0.2, 0.25) is 5.02 Å². The summed E-state index contributed by atoms with van der Waals surface area (Å²) in [5.74, 6) is -2.27. The average molecular weight is 434 g/mol. The quantitative estimate of drug-likeness (QED) is 0.452. The molecule has 30 heavy (non-hydrogen) atoms. The molecule has 1 aliphatic carbocycles. The second-order valence-electron chi connectivity index (χ2n) is 7.89. The minimum Gasteiger partial charge on any atom is -0.396 e. The molecule has 2 aliphatic rings. The minimum absolute atomic E-state index is 0.0222. The fourth-order valence-corrected chi connectivity index (χ4v) is 4.67. The summed E-state index contributed by atoms with van der Waals surface area (Å²) in [7, 11) is 1.56. The number of amides is 3. The van der Waals surface area contributed by atoms with Crippen molar-refractivity contribution in [1.29, 1.82) is 0 Å². The summed E-state index contributed by atoms with van der Waals surface area (Å²) in [4.78, 5) is 40.8. The number of hydrogen-bond acceptors (Lipinski definition) is 4. The number of allylic oxidation sites excluding steroid dienone is 1. The van der Waals surface area contributed by atoms with Gasteiger partial charge >= 0.3 is 0 Å². The molecule has 1 aromatic carbocycles. The van der Waals surface area contributed by atoms with Crippen LogP contribution in [0.15, 0.2) is 36.4 Å². The number of hydrogen-bond donors (Lipinski definition) is 3. The lowest BCUT2D eigenvalue weighted by atomic mass is 9.70. The van der Waals surface area contributed by atoms with Crippen LogP contribution >= 0.6 is 11.6 Å². The molecule has 3 rings (SSSR count). The van der Waals surface area contributed by atoms with Gasteiger partial charge in [-0.3, -0.25) is 14.4 Å². The summed E-state index contributed by atoms with van der Waals surface area (Å²) in [5.41, 5.74) is 0.589. The molecule has 0 aromatic heterocycles. The second kappa shape index (κ2) is 9.62. The van der Waals surface area contributed by atoms with Crippen LogP contribution in [0.3, 0.4) is 0 Å². The summed E-state index contributed by atoms with van der Waals surface area (Å²) in [6, 6.07) is 6.06. The van der Waals surface area contributed by atoms with Gasteiger partial charge in [-0.25, -0.2) is 0 Å². The van der Waals surface area contributed by atoms with Crippen molar-refractivity contribution in [3.63, 3.8) is 0 Å². The first-order valence-electron chi connectivity index (χ1n) is 10.3. The van der Waals surface area contributed by atoms with Crippen LogP contribution in [-0.4, -0.2) is 54.0 Å². The molecule has 162 valence electrons. The van der Waals surface area contributed by atoms with E-state index >= 15 is 0 Å². The van der Waals surface area contributed by atoms with Gasteiger partial charge in [-0.15, -0.1) is 0 Å². The highest BCUT2D eigenvalue weighted by Gasteiger charge is 2.56. The Kier molecular flexibility index (Phi) is 7.15. The van der Waals surface area contributed by atoms with Crippen LogP contribution < -0.4 is 10.6 Å². The Balaban J connectivity index is 1.91. The third-order valence-corrected chi connectivity index (χ3v) is 6.26. The van der Waals surface area contributed by atoms with Gasteiger partial charge in [0.15, 0.2) is 0 Å². The monoisotopic (exact) mass is 433 g/mol. The van der Waals surface area contributed by atoms with Gasteiger partial charge in [0.05, 0.1) is 11.8 Å². The lowest BCUT2D eigenvalue weighted by molar-refractivity contribution is -0.140. The molecular formula is C22H28ClN3O4. The third kappa shape index (κ3) is 4.37. The van der Waals surface area contributed by atoms with Crippen LogP contribution in [0.4, 0.5) is 5.69 Å². The highest BCUT2D eigenvalue weighted by Crippen LogP contribution is 2.44. The first-order chi connectivity index (χ1) is 14.4. The Bertz CT molecular complexity index is 826. The van der Waals surface area contributed by atoms with Crippen LogP contribution in [0, 0.1) is 23.7 Å². The predicted molar refractivity (Wildman–Crippen MR) is 115 cm³/mol. The van der Waals surface area contributed by atoms with Gasteiger partial charge in [0, 0.05) is 36.8 Å². The Morgan fingerprint density at radius 2 is 1.83 bits per heavy atom. The van der Waals surface area contributed by atoms with E-state index in [4.69, 9.17) is 16.7 Å². The van der Waals surface area contributed by atoms with Gasteiger partial charge in [0.1, 0.15) is 6.04 Å². The zero-order valence-corrected chi connectivity index (χ0v) is 17.9. The van der Waals surface area contributed by atoms with E-state index in [1.165, 1.54) is 0 Å². The van der Waals surface area contributed by atoms with E-state index in [1.807, 2.05) is 19.1 Å². The number of carbonyl (C=O) groups is 3. The van der Waals surface area contributed by atoms with E-state index in [0.29, 0.717) is 30.1 Å². The number of aliphatic hydroxyl groups is 1. The van der Waals surface area contributed by atoms with Crippen molar-refractivity contribution in [2.24, 2.45) is 23.7 Å². The summed E-state index contributed by atoms with van der Waals surface area (Å²) in [5, 5.41) is 15.2. The SMILES string of the molecule is CNC(=O)[C@H]1[C@@H]2C(=O)N(CCCCO)[C@H](C(=O)Nc3ccc(Cl)cc3)[C@H]2C=C[C@H]1C. The Labute approximate surface area is 181 Å². The molecule has 1 aromatic rings. The molecule has 3 amide bonds. The number of unbranched alkanes of at least 4 members (excludes halogenated alkanes) is 1. The van der Waals surface area contributed by atoms with E-state index in [-0.39, 0.29) is 30.2 Å². The number of fused-ring (bicyclic) bond motifs is 1. The second-order valence-corrected chi connectivity index (χ2v) is 8.33. The van der Waals surface area contributed by atoms with Crippen LogP contribution in [0.5, 0.6) is 0 Å². The number of nitrogens with one attached hydrogen (secondary N) is 2. The first kappa shape index (κ1) is 22.3. The van der Waals surface area contributed by atoms with Crippen LogP contribution in [0.1, 0.15) is 19.8 Å². The average Bonchev–Trinajstić information content (AvgIpc) is 3.01. The molecule has 5 atom stereocenters. The molecule has 1 fully saturated rings. The fourth-order valence-electron chi connectivity index (χ4n) is 4.54. The fraction of sp³-hybridized carbons (Fsp3) is 0.500. The predicted octanol–water partition coefficient (Wildman–Crippen LogP) is 2.06. The maximum Gasteiger partial charge on any atom is 0.247 e. The van der Waals surface area contributed by atoms with Gasteiger partial charge in [-0.05, 0) is 43.0 Å². The highest BCUT2D eigenvalue weighted by atomic mass is 35.5. The Morgan fingerprint density at radius 1 is 1.13 bits per heavy atom. The van der Waals surface area contributed by atoms with E-state index in [9.17, 15) is 14.4 Å². The van der Waals surface area contributed by atoms with Crippen molar-refractivity contribution in [3.8, 4) is 0 Å². The number of benzene rings is 1. The summed E-state index contributed by atoms with van der Waals surface area (Å²) < 4.78 is 0. The number of aliphatic hydroxyl groups excluding tert-OH is 1. The zero-order chi connectivity index (χ0) is 21.8. The molecule has 0 radical (unpaired) electrons. The van der Waals surface area contributed by atoms with Crippen molar-refractivity contribution in [3.05, 3.63) is 41.4 Å². The van der Waals surface area contributed by atoms with Crippen molar-refractivity contribution in [2.75, 3.05) is 25.5 Å². The molecule has 0 unspecified atom stereocenters. The largest absolute Gasteiger partial charge is 0.396 e. The number of halogens is 1. The van der Waals surface area contributed by atoms with Gasteiger partial charge in [0.2, 0.25) is 17.7 Å². The first-order valence-corrected chi connectivity index (χ1v) is 10.6. The van der Waals surface area contributed by atoms with E-state index in [2.05, 4.69) is 10.6 Å². The summed E-state index contributed by atoms with van der Waals surface area (Å²) in [6.45, 7) is 2.29. The zero-order valence-electron chi connectivity index (χ0n) is 17.2. The molecule has 3 N–H and O–H groups in total. The van der Waals surface area contributed by atoms with Gasteiger partial charge < -0.3 is 20.6 Å². The topological polar surface area (TPSA) is 98.7 Å². The summed E-state index contributed by atoms with van der Waals surface area (Å²) in [6.07, 6.45) is 4.95. The molecule has 1 aliphatic heterocycles. The van der Waals surface area contributed by atoms with Crippen molar-refractivity contribution in [2.45, 2.75) is 25.8 Å². The maximum absolute atomic E-state index is 13.4. The number of likely N-dealkylation sites (tertiary alicyclic amines) is 1. The molecule has 1 saturated heterocycles. The van der Waals surface area contributed by atoms with E-state index in [0.717, 1.165) is 0 Å². The standard InChI is InChI=1S/C22H28ClN3O4/c1-13-5-10-16-18(17(13)20(28)24-2)22(30)26(11-3-4-12-27)19(16)21(29)25-15-8-6-14(23)7-9-15/h5-10,13,16-19,27H,3-4,11-12H2,1-2H3,(H,24,28)(H,25,29)/t13-,16+,17-,18-,19+/m1/s1. The van der Waals surface area contributed by atoms with Gasteiger partial charge in [0.25, 0.3) is 0 Å². The number of anilines is 1. The molecule has 0 spiro atoms. The molecule has 7 nitrogen and oxygen atoms in total. The highest BCUT2D eigenvalue weighted by molar-refractivity contribution is 6.30. The van der Waals surface area contributed by atoms with E-state index < -0.39 is 23.8 Å². The van der Waals surface area contributed by atoms with Gasteiger partial charge in [-0.2, -0.15) is 0 Å². The van der Waals surface area contributed by atoms with E-state index in [1.54, 1.807) is 36.2 Å². The van der Waals surface area contributed by atoms with Crippen LogP contribution in [-0.2, 0) is 14.4 Å². The Morgan fingerprint density at radius 3 is 2.47 bits per heavy atom. The van der Waals surface area contributed by atoms with Crippen LogP contribution in [0.25, 0.3) is 0 Å². The molecule has 0 saturated carbocycles. The van der Waals surface area contributed by atoms with Crippen molar-refractivity contribution in [1.82, 2.24) is 10.2 Å². The lowest BCUT2D eigenvalue weighted by Crippen LogP contribution is -2.45. The molecular weight excluding hydrogens is 406 g/mol. The molecule has 0 bridgehead atoms. The lowest BCUT2D eigenvalue weighted by Gasteiger charge is -2.32. The molecule has 1 heterocycles. The normalized spacial score (nSPS) is 27.7. The smallest absolute Gasteiger partial charge is 0.247 e. The maximum atomic E-state index is 13.4. The number of carbonyl (C=O) groups excluding carboxylic acids is 3. The van der Waals surface area contributed by atoms with Crippen molar-refractivity contribution >= 4 is 35.0 Å². The molecule has 8 heteroatoms. The van der Waals surface area contributed by atoms with Gasteiger partial charge in [-0.1, -0.05) is 30.7 Å². The number of nitrogens with zero attached hydrogens (tertiary/aromatic N) is 1.